The summed E-state index contributed by atoms with van der Waals surface area (Å²) in [6.45, 7) is 5.54. The van der Waals surface area contributed by atoms with Crippen LogP contribution in [0.4, 0.5) is 0 Å². The van der Waals surface area contributed by atoms with Crippen LogP contribution in [0, 0.1) is 0 Å². The molecule has 2 aromatic heterocycles. The molecule has 142 valence electrons. The molecule has 1 aromatic carbocycles. The maximum Gasteiger partial charge on any atom is 0.340 e. The van der Waals surface area contributed by atoms with E-state index < -0.39 is 18.0 Å². The normalized spacial score (nSPS) is 11.1. The first-order valence-corrected chi connectivity index (χ1v) is 8.86. The number of para-hydroxylation sites is 1. The Labute approximate surface area is 156 Å². The van der Waals surface area contributed by atoms with Crippen molar-refractivity contribution >= 4 is 22.8 Å². The maximum atomic E-state index is 12.6. The fourth-order valence-corrected chi connectivity index (χ4v) is 2.87. The summed E-state index contributed by atoms with van der Waals surface area (Å²) < 4.78 is 17.5. The predicted molar refractivity (Wildman–Crippen MR) is 96.9 cm³/mol. The molecule has 8 nitrogen and oxygen atoms in total. The highest BCUT2D eigenvalue weighted by Gasteiger charge is 2.35. The molecule has 0 amide bonds. The van der Waals surface area contributed by atoms with E-state index in [0.717, 1.165) is 5.39 Å². The van der Waals surface area contributed by atoms with Gasteiger partial charge in [0.05, 0.1) is 18.7 Å². The smallest absolute Gasteiger partial charge is 0.340 e. The molecule has 0 saturated heterocycles. The van der Waals surface area contributed by atoms with Crippen LogP contribution in [0.15, 0.2) is 34.7 Å². The van der Waals surface area contributed by atoms with Crippen LogP contribution in [0.1, 0.15) is 32.7 Å². The first-order chi connectivity index (χ1) is 13.1. The molecule has 8 heteroatoms. The molecule has 0 aliphatic carbocycles. The van der Waals surface area contributed by atoms with Gasteiger partial charge >= 0.3 is 11.9 Å². The van der Waals surface area contributed by atoms with Gasteiger partial charge in [0.1, 0.15) is 5.69 Å². The van der Waals surface area contributed by atoms with E-state index in [0.29, 0.717) is 23.5 Å². The Morgan fingerprint density at radius 1 is 1.07 bits per heavy atom. The summed E-state index contributed by atoms with van der Waals surface area (Å²) in [4.78, 5) is 25.3. The number of rotatable bonds is 7. The molecule has 0 aliphatic rings. The Morgan fingerprint density at radius 3 is 2.33 bits per heavy atom. The second kappa shape index (κ2) is 8.03. The molecule has 0 N–H and O–H groups in total. The quantitative estimate of drug-likeness (QED) is 0.465. The fourth-order valence-electron chi connectivity index (χ4n) is 2.87. The Kier molecular flexibility index (Phi) is 5.54. The number of carbonyl (C=O) groups is 2. The van der Waals surface area contributed by atoms with Crippen LogP contribution in [0.3, 0.4) is 0 Å². The van der Waals surface area contributed by atoms with E-state index in [1.54, 1.807) is 26.0 Å². The highest BCUT2D eigenvalue weighted by molar-refractivity contribution is 6.00. The average Bonchev–Trinajstić information content (AvgIpc) is 3.27. The molecule has 0 spiro atoms. The van der Waals surface area contributed by atoms with Crippen molar-refractivity contribution in [2.75, 3.05) is 13.2 Å². The van der Waals surface area contributed by atoms with Gasteiger partial charge < -0.3 is 18.5 Å². The van der Waals surface area contributed by atoms with E-state index in [1.165, 1.54) is 4.57 Å². The van der Waals surface area contributed by atoms with Gasteiger partial charge in [-0.05, 0) is 26.0 Å². The van der Waals surface area contributed by atoms with Gasteiger partial charge in [-0.2, -0.15) is 0 Å². The van der Waals surface area contributed by atoms with E-state index in [-0.39, 0.29) is 19.1 Å². The van der Waals surface area contributed by atoms with E-state index in [1.807, 2.05) is 25.1 Å². The molecule has 0 unspecified atom stereocenters. The van der Waals surface area contributed by atoms with Crippen molar-refractivity contribution in [3.8, 4) is 11.6 Å². The number of benzene rings is 1. The molecule has 27 heavy (non-hydrogen) atoms. The lowest BCUT2D eigenvalue weighted by atomic mass is 10.2. The molecule has 0 radical (unpaired) electrons. The van der Waals surface area contributed by atoms with Crippen LogP contribution < -0.4 is 0 Å². The standard InChI is InChI=1S/C19H21N3O5/c1-4-15-20-21-17(27-15)14-11-12-9-7-8-10-13(12)22(14)16(18(23)25-5-2)19(24)26-6-3/h7-11,16H,4-6H2,1-3H3. The van der Waals surface area contributed by atoms with Crippen molar-refractivity contribution in [3.05, 3.63) is 36.2 Å². The fraction of sp³-hybridized carbons (Fsp3) is 0.368. The lowest BCUT2D eigenvalue weighted by Crippen LogP contribution is -2.31. The van der Waals surface area contributed by atoms with Gasteiger partial charge in [0, 0.05) is 11.8 Å². The average molecular weight is 371 g/mol. The van der Waals surface area contributed by atoms with Crippen molar-refractivity contribution < 1.29 is 23.5 Å². The van der Waals surface area contributed by atoms with Crippen molar-refractivity contribution in [1.29, 1.82) is 0 Å². The van der Waals surface area contributed by atoms with Gasteiger partial charge in [0.2, 0.25) is 11.9 Å². The van der Waals surface area contributed by atoms with E-state index in [4.69, 9.17) is 13.9 Å². The Bertz CT molecular complexity index is 941. The van der Waals surface area contributed by atoms with Gasteiger partial charge in [-0.25, -0.2) is 9.59 Å². The first kappa shape index (κ1) is 18.6. The summed E-state index contributed by atoms with van der Waals surface area (Å²) in [6.07, 6.45) is 0.576. The Balaban J connectivity index is 2.23. The molecule has 0 atom stereocenters. The highest BCUT2D eigenvalue weighted by Crippen LogP contribution is 2.32. The number of aryl methyl sites for hydroxylation is 1. The van der Waals surface area contributed by atoms with Crippen molar-refractivity contribution in [2.24, 2.45) is 0 Å². The summed E-state index contributed by atoms with van der Waals surface area (Å²) in [7, 11) is 0. The molecule has 2 heterocycles. The van der Waals surface area contributed by atoms with E-state index in [9.17, 15) is 9.59 Å². The van der Waals surface area contributed by atoms with Crippen LogP contribution in [0.2, 0.25) is 0 Å². The monoisotopic (exact) mass is 371 g/mol. The Hall–Kier alpha value is -3.16. The number of fused-ring (bicyclic) bond motifs is 1. The van der Waals surface area contributed by atoms with Crippen LogP contribution in [0.25, 0.3) is 22.5 Å². The number of esters is 2. The Morgan fingerprint density at radius 2 is 1.74 bits per heavy atom. The third-order valence-corrected chi connectivity index (χ3v) is 4.01. The van der Waals surface area contributed by atoms with Gasteiger partial charge in [0.15, 0.2) is 0 Å². The van der Waals surface area contributed by atoms with Crippen molar-refractivity contribution in [3.63, 3.8) is 0 Å². The summed E-state index contributed by atoms with van der Waals surface area (Å²) in [5.41, 5.74) is 1.12. The number of carbonyl (C=O) groups excluding carboxylic acids is 2. The largest absolute Gasteiger partial charge is 0.464 e. The predicted octanol–water partition coefficient (Wildman–Crippen LogP) is 2.92. The molecular weight excluding hydrogens is 350 g/mol. The van der Waals surface area contributed by atoms with E-state index in [2.05, 4.69) is 10.2 Å². The third-order valence-electron chi connectivity index (χ3n) is 4.01. The van der Waals surface area contributed by atoms with Crippen molar-refractivity contribution in [1.82, 2.24) is 14.8 Å². The molecule has 0 aliphatic heterocycles. The SMILES string of the molecule is CCOC(=O)C(C(=O)OCC)n1c(-c2nnc(CC)o2)cc2ccccc21. The van der Waals surface area contributed by atoms with Crippen LogP contribution in [-0.2, 0) is 25.5 Å². The number of hydrogen-bond donors (Lipinski definition) is 0. The van der Waals surface area contributed by atoms with Crippen LogP contribution in [-0.4, -0.2) is 39.9 Å². The highest BCUT2D eigenvalue weighted by atomic mass is 16.6. The molecule has 0 saturated carbocycles. The van der Waals surface area contributed by atoms with Gasteiger partial charge in [-0.15, -0.1) is 10.2 Å². The molecule has 3 rings (SSSR count). The zero-order valence-electron chi connectivity index (χ0n) is 15.5. The van der Waals surface area contributed by atoms with Gasteiger partial charge in [-0.3, -0.25) is 0 Å². The van der Waals surface area contributed by atoms with Gasteiger partial charge in [-0.1, -0.05) is 25.1 Å². The lowest BCUT2D eigenvalue weighted by molar-refractivity contribution is -0.160. The zero-order valence-corrected chi connectivity index (χ0v) is 15.5. The topological polar surface area (TPSA) is 96.5 Å². The summed E-state index contributed by atoms with van der Waals surface area (Å²) in [5, 5.41) is 8.87. The third kappa shape index (κ3) is 3.55. The number of hydrogen-bond acceptors (Lipinski definition) is 7. The minimum Gasteiger partial charge on any atom is -0.464 e. The van der Waals surface area contributed by atoms with Crippen LogP contribution >= 0.6 is 0 Å². The summed E-state index contributed by atoms with van der Waals surface area (Å²) in [6, 6.07) is 7.86. The molecule has 3 aromatic rings. The zero-order chi connectivity index (χ0) is 19.4. The maximum absolute atomic E-state index is 12.6. The van der Waals surface area contributed by atoms with E-state index >= 15 is 0 Å². The minimum absolute atomic E-state index is 0.143. The lowest BCUT2D eigenvalue weighted by Gasteiger charge is -2.19. The number of ether oxygens (including phenoxy) is 2. The summed E-state index contributed by atoms with van der Waals surface area (Å²) >= 11 is 0. The second-order valence-electron chi connectivity index (χ2n) is 5.72. The molecule has 0 fully saturated rings. The molecular formula is C19H21N3O5. The van der Waals surface area contributed by atoms with Gasteiger partial charge in [0.25, 0.3) is 5.89 Å². The molecule has 0 bridgehead atoms. The van der Waals surface area contributed by atoms with Crippen molar-refractivity contribution in [2.45, 2.75) is 33.2 Å². The number of nitrogens with zero attached hydrogens (tertiary/aromatic N) is 3. The minimum atomic E-state index is -1.31. The first-order valence-electron chi connectivity index (χ1n) is 8.86. The second-order valence-corrected chi connectivity index (χ2v) is 5.72. The number of aromatic nitrogens is 3. The van der Waals surface area contributed by atoms with Crippen LogP contribution in [0.5, 0.6) is 0 Å². The summed E-state index contributed by atoms with van der Waals surface area (Å²) in [5.74, 6) is -0.713.